The van der Waals surface area contributed by atoms with Crippen LogP contribution in [-0.2, 0) is 10.9 Å². The van der Waals surface area contributed by atoms with E-state index in [4.69, 9.17) is 4.74 Å². The Kier molecular flexibility index (Phi) is 6.92. The van der Waals surface area contributed by atoms with Crippen LogP contribution in [0.5, 0.6) is 0 Å². The van der Waals surface area contributed by atoms with Gasteiger partial charge >= 0.3 is 6.18 Å². The molecule has 10 heteroatoms. The van der Waals surface area contributed by atoms with E-state index in [2.05, 4.69) is 25.5 Å². The van der Waals surface area contributed by atoms with Gasteiger partial charge in [-0.25, -0.2) is 9.97 Å². The first kappa shape index (κ1) is 23.7. The van der Waals surface area contributed by atoms with Crippen LogP contribution in [-0.4, -0.2) is 70.6 Å². The SMILES string of the molecule is OC(CNc1ncnc2ccc(C(F)(F)F)cc12)NC1CN(C2CCC(C3CCCO3)CC2)C1. The minimum absolute atomic E-state index is 0.130. The number of hydrogen-bond acceptors (Lipinski definition) is 7. The molecule has 0 spiro atoms. The Morgan fingerprint density at radius 2 is 1.91 bits per heavy atom. The third kappa shape index (κ3) is 5.30. The largest absolute Gasteiger partial charge is 0.416 e. The summed E-state index contributed by atoms with van der Waals surface area (Å²) in [6.45, 7) is 2.85. The molecule has 2 aromatic rings. The third-order valence-corrected chi connectivity index (χ3v) is 7.51. The molecule has 2 atom stereocenters. The standard InChI is InChI=1S/C24H32F3N5O2/c25-24(26,27)16-5-8-20-19(10-16)23(30-14-29-20)28-11-22(33)31-17-12-32(13-17)18-6-3-15(4-7-18)21-2-1-9-34-21/h5,8,10,14-15,17-18,21-22,31,33H,1-4,6-7,9,11-13H2,(H,28,29,30). The van der Waals surface area contributed by atoms with Crippen LogP contribution in [0.3, 0.4) is 0 Å². The van der Waals surface area contributed by atoms with E-state index in [0.29, 0.717) is 23.6 Å². The molecule has 1 aromatic carbocycles. The molecule has 34 heavy (non-hydrogen) atoms. The number of aromatic nitrogens is 2. The maximum atomic E-state index is 13.1. The van der Waals surface area contributed by atoms with Gasteiger partial charge in [-0.1, -0.05) is 0 Å². The monoisotopic (exact) mass is 479 g/mol. The maximum absolute atomic E-state index is 13.1. The van der Waals surface area contributed by atoms with Crippen molar-refractivity contribution >= 4 is 16.7 Å². The summed E-state index contributed by atoms with van der Waals surface area (Å²) in [5.74, 6) is 0.988. The fourth-order valence-electron chi connectivity index (χ4n) is 5.63. The summed E-state index contributed by atoms with van der Waals surface area (Å²) in [5.41, 5.74) is -0.340. The molecule has 2 aliphatic heterocycles. The predicted octanol–water partition coefficient (Wildman–Crippen LogP) is 3.39. The van der Waals surface area contributed by atoms with Crippen LogP contribution in [0.2, 0.25) is 0 Å². The second-order valence-corrected chi connectivity index (χ2v) is 9.79. The molecule has 3 N–H and O–H groups in total. The van der Waals surface area contributed by atoms with Gasteiger partial charge in [-0.15, -0.1) is 0 Å². The van der Waals surface area contributed by atoms with Crippen LogP contribution in [0.1, 0.15) is 44.1 Å². The van der Waals surface area contributed by atoms with Crippen molar-refractivity contribution in [1.82, 2.24) is 20.2 Å². The summed E-state index contributed by atoms with van der Waals surface area (Å²) in [6.07, 6.45) is 3.80. The van der Waals surface area contributed by atoms with E-state index in [-0.39, 0.29) is 23.8 Å². The average molecular weight is 480 g/mol. The highest BCUT2D eigenvalue weighted by Crippen LogP contribution is 2.36. The second-order valence-electron chi connectivity index (χ2n) is 9.79. The molecule has 2 unspecified atom stereocenters. The lowest BCUT2D eigenvalue weighted by Crippen LogP contribution is -2.63. The van der Waals surface area contributed by atoms with E-state index in [1.54, 1.807) is 0 Å². The molecule has 186 valence electrons. The Morgan fingerprint density at radius 1 is 1.12 bits per heavy atom. The molecule has 1 aliphatic carbocycles. The number of hydrogen-bond donors (Lipinski definition) is 3. The van der Waals surface area contributed by atoms with Crippen molar-refractivity contribution in [3.8, 4) is 0 Å². The van der Waals surface area contributed by atoms with E-state index < -0.39 is 18.0 Å². The van der Waals surface area contributed by atoms with Crippen molar-refractivity contribution in [2.45, 2.75) is 69.1 Å². The van der Waals surface area contributed by atoms with Gasteiger partial charge in [-0.2, -0.15) is 13.2 Å². The predicted molar refractivity (Wildman–Crippen MR) is 122 cm³/mol. The second kappa shape index (κ2) is 9.93. The number of aliphatic hydroxyl groups excluding tert-OH is 1. The highest BCUT2D eigenvalue weighted by molar-refractivity contribution is 5.89. The van der Waals surface area contributed by atoms with Crippen LogP contribution in [0.25, 0.3) is 10.9 Å². The summed E-state index contributed by atoms with van der Waals surface area (Å²) < 4.78 is 45.1. The Balaban J connectivity index is 1.07. The topological polar surface area (TPSA) is 82.5 Å². The molecule has 3 heterocycles. The maximum Gasteiger partial charge on any atom is 0.416 e. The summed E-state index contributed by atoms with van der Waals surface area (Å²) in [6, 6.07) is 4.19. The zero-order chi connectivity index (χ0) is 23.7. The molecule has 0 bridgehead atoms. The Bertz CT molecular complexity index is 971. The fourth-order valence-corrected chi connectivity index (χ4v) is 5.63. The Morgan fingerprint density at radius 3 is 2.62 bits per heavy atom. The van der Waals surface area contributed by atoms with Crippen molar-refractivity contribution in [1.29, 1.82) is 0 Å². The Hall–Kier alpha value is -2.01. The van der Waals surface area contributed by atoms with Gasteiger partial charge in [0.15, 0.2) is 0 Å². The van der Waals surface area contributed by atoms with E-state index in [1.165, 1.54) is 50.9 Å². The minimum Gasteiger partial charge on any atom is -0.378 e. The summed E-state index contributed by atoms with van der Waals surface area (Å²) in [7, 11) is 0. The molecule has 1 saturated carbocycles. The quantitative estimate of drug-likeness (QED) is 0.525. The molecule has 3 fully saturated rings. The van der Waals surface area contributed by atoms with Crippen LogP contribution in [0, 0.1) is 5.92 Å². The van der Waals surface area contributed by atoms with E-state index in [0.717, 1.165) is 31.8 Å². The van der Waals surface area contributed by atoms with Gasteiger partial charge in [0.1, 0.15) is 18.4 Å². The number of likely N-dealkylation sites (tertiary alicyclic amines) is 1. The number of nitrogens with zero attached hydrogens (tertiary/aromatic N) is 3. The Labute approximate surface area is 197 Å². The van der Waals surface area contributed by atoms with Gasteiger partial charge in [0, 0.05) is 37.2 Å². The zero-order valence-corrected chi connectivity index (χ0v) is 19.1. The first-order valence-corrected chi connectivity index (χ1v) is 12.2. The number of ether oxygens (including phenoxy) is 1. The van der Waals surface area contributed by atoms with Crippen LogP contribution in [0.15, 0.2) is 24.5 Å². The number of alkyl halides is 3. The summed E-state index contributed by atoms with van der Waals surface area (Å²) in [5, 5.41) is 16.9. The minimum atomic E-state index is -4.44. The normalized spacial score (nSPS) is 27.6. The number of aliphatic hydroxyl groups is 1. The molecule has 0 amide bonds. The molecule has 1 aromatic heterocycles. The van der Waals surface area contributed by atoms with Crippen molar-refractivity contribution < 1.29 is 23.0 Å². The van der Waals surface area contributed by atoms with Crippen molar-refractivity contribution in [2.24, 2.45) is 5.92 Å². The van der Waals surface area contributed by atoms with E-state index >= 15 is 0 Å². The van der Waals surface area contributed by atoms with E-state index in [9.17, 15) is 18.3 Å². The summed E-state index contributed by atoms with van der Waals surface area (Å²) >= 11 is 0. The van der Waals surface area contributed by atoms with Gasteiger partial charge < -0.3 is 15.2 Å². The number of anilines is 1. The highest BCUT2D eigenvalue weighted by atomic mass is 19.4. The smallest absolute Gasteiger partial charge is 0.378 e. The molecule has 0 radical (unpaired) electrons. The van der Waals surface area contributed by atoms with Crippen LogP contribution < -0.4 is 10.6 Å². The lowest BCUT2D eigenvalue weighted by Gasteiger charge is -2.47. The molecular formula is C24H32F3N5O2. The number of benzene rings is 1. The van der Waals surface area contributed by atoms with Crippen molar-refractivity contribution in [3.63, 3.8) is 0 Å². The third-order valence-electron chi connectivity index (χ3n) is 7.51. The molecule has 5 rings (SSSR count). The average Bonchev–Trinajstić information content (AvgIpc) is 3.34. The van der Waals surface area contributed by atoms with Crippen molar-refractivity contribution in [3.05, 3.63) is 30.1 Å². The zero-order valence-electron chi connectivity index (χ0n) is 19.1. The van der Waals surface area contributed by atoms with Gasteiger partial charge in [0.2, 0.25) is 0 Å². The van der Waals surface area contributed by atoms with Gasteiger partial charge in [-0.05, 0) is 62.6 Å². The van der Waals surface area contributed by atoms with Crippen LogP contribution >= 0.6 is 0 Å². The number of fused-ring (bicyclic) bond motifs is 1. The molecule has 2 saturated heterocycles. The van der Waals surface area contributed by atoms with Crippen LogP contribution in [0.4, 0.5) is 19.0 Å². The van der Waals surface area contributed by atoms with Crippen molar-refractivity contribution in [2.75, 3.05) is 31.6 Å². The molecule has 7 nitrogen and oxygen atoms in total. The van der Waals surface area contributed by atoms with E-state index in [1.807, 2.05) is 0 Å². The van der Waals surface area contributed by atoms with Gasteiger partial charge in [-0.3, -0.25) is 10.2 Å². The lowest BCUT2D eigenvalue weighted by molar-refractivity contribution is -0.137. The van der Waals surface area contributed by atoms with Gasteiger partial charge in [0.05, 0.1) is 23.7 Å². The first-order valence-electron chi connectivity index (χ1n) is 12.2. The van der Waals surface area contributed by atoms with Gasteiger partial charge in [0.25, 0.3) is 0 Å². The molecule has 3 aliphatic rings. The number of rotatable bonds is 7. The molecular weight excluding hydrogens is 447 g/mol. The highest BCUT2D eigenvalue weighted by Gasteiger charge is 2.37. The number of halogens is 3. The first-order chi connectivity index (χ1) is 16.4. The number of nitrogens with one attached hydrogen (secondary N) is 2. The lowest BCUT2D eigenvalue weighted by atomic mass is 9.80. The fraction of sp³-hybridized carbons (Fsp3) is 0.667. The summed E-state index contributed by atoms with van der Waals surface area (Å²) in [4.78, 5) is 10.6.